The summed E-state index contributed by atoms with van der Waals surface area (Å²) in [5.41, 5.74) is -0.185. The molecule has 0 aliphatic carbocycles. The number of rotatable bonds is 5. The number of nitrogens with zero attached hydrogens (tertiary/aromatic N) is 4. The van der Waals surface area contributed by atoms with Gasteiger partial charge in [-0.05, 0) is 25.5 Å². The number of alkyl halides is 3. The maximum absolute atomic E-state index is 13.2. The highest BCUT2D eigenvalue weighted by Crippen LogP contribution is 2.36. The monoisotopic (exact) mass is 350 g/mol. The van der Waals surface area contributed by atoms with Crippen LogP contribution in [0.2, 0.25) is 0 Å². The molecule has 1 aromatic heterocycles. The third kappa shape index (κ3) is 4.18. The SMILES string of the molecule is CCC(C)Oc1nc(N(C)c2ccccc2C#N)ncc1C(F)(F)F. The molecular formula is C17H17F3N4O. The summed E-state index contributed by atoms with van der Waals surface area (Å²) in [6.07, 6.45) is -3.82. The van der Waals surface area contributed by atoms with E-state index in [1.807, 2.05) is 6.07 Å². The van der Waals surface area contributed by atoms with Gasteiger partial charge in [-0.3, -0.25) is 0 Å². The Morgan fingerprint density at radius 2 is 2.00 bits per heavy atom. The van der Waals surface area contributed by atoms with Crippen LogP contribution in [-0.2, 0) is 6.18 Å². The summed E-state index contributed by atoms with van der Waals surface area (Å²) in [5.74, 6) is -0.512. The van der Waals surface area contributed by atoms with Gasteiger partial charge in [0.1, 0.15) is 11.6 Å². The zero-order valence-electron chi connectivity index (χ0n) is 14.0. The highest BCUT2D eigenvalue weighted by molar-refractivity contribution is 5.65. The fraction of sp³-hybridized carbons (Fsp3) is 0.353. The summed E-state index contributed by atoms with van der Waals surface area (Å²) in [4.78, 5) is 9.18. The van der Waals surface area contributed by atoms with Gasteiger partial charge in [-0.25, -0.2) is 4.98 Å². The minimum absolute atomic E-state index is 0.00834. The Balaban J connectivity index is 2.49. The first-order valence-corrected chi connectivity index (χ1v) is 7.61. The second kappa shape index (κ2) is 7.38. The molecule has 0 N–H and O–H groups in total. The number of benzene rings is 1. The van der Waals surface area contributed by atoms with E-state index < -0.39 is 23.7 Å². The van der Waals surface area contributed by atoms with Crippen molar-refractivity contribution in [1.29, 1.82) is 5.26 Å². The molecule has 0 radical (unpaired) electrons. The van der Waals surface area contributed by atoms with Crippen molar-refractivity contribution in [2.75, 3.05) is 11.9 Å². The van der Waals surface area contributed by atoms with Crippen LogP contribution in [0.15, 0.2) is 30.5 Å². The number of halogens is 3. The average Bonchev–Trinajstić information content (AvgIpc) is 2.59. The van der Waals surface area contributed by atoms with Gasteiger partial charge < -0.3 is 9.64 Å². The van der Waals surface area contributed by atoms with Crippen LogP contribution < -0.4 is 9.64 Å². The van der Waals surface area contributed by atoms with Crippen molar-refractivity contribution in [1.82, 2.24) is 9.97 Å². The van der Waals surface area contributed by atoms with Gasteiger partial charge in [0.05, 0.1) is 17.4 Å². The topological polar surface area (TPSA) is 62.0 Å². The first-order valence-electron chi connectivity index (χ1n) is 7.61. The number of ether oxygens (including phenoxy) is 1. The van der Waals surface area contributed by atoms with Crippen molar-refractivity contribution >= 4 is 11.6 Å². The molecule has 8 heteroatoms. The highest BCUT2D eigenvalue weighted by Gasteiger charge is 2.37. The Bertz CT molecular complexity index is 786. The molecule has 0 saturated heterocycles. The fourth-order valence-electron chi connectivity index (χ4n) is 2.05. The van der Waals surface area contributed by atoms with Crippen LogP contribution in [0.5, 0.6) is 5.88 Å². The van der Waals surface area contributed by atoms with Crippen LogP contribution in [0.4, 0.5) is 24.8 Å². The highest BCUT2D eigenvalue weighted by atomic mass is 19.4. The lowest BCUT2D eigenvalue weighted by molar-refractivity contribution is -0.139. The third-order valence-electron chi connectivity index (χ3n) is 3.62. The Labute approximate surface area is 143 Å². The number of hydrogen-bond acceptors (Lipinski definition) is 5. The Kier molecular flexibility index (Phi) is 5.47. The number of anilines is 2. The number of nitriles is 1. The molecule has 5 nitrogen and oxygen atoms in total. The largest absolute Gasteiger partial charge is 0.474 e. The molecule has 1 heterocycles. The molecular weight excluding hydrogens is 333 g/mol. The van der Waals surface area contributed by atoms with Crippen molar-refractivity contribution in [3.63, 3.8) is 0 Å². The summed E-state index contributed by atoms with van der Waals surface area (Å²) in [6.45, 7) is 3.46. The minimum Gasteiger partial charge on any atom is -0.474 e. The maximum atomic E-state index is 13.2. The second-order valence-corrected chi connectivity index (χ2v) is 5.41. The van der Waals surface area contributed by atoms with Gasteiger partial charge in [0.25, 0.3) is 0 Å². The van der Waals surface area contributed by atoms with E-state index in [-0.39, 0.29) is 5.95 Å². The van der Waals surface area contributed by atoms with Crippen LogP contribution in [0.1, 0.15) is 31.4 Å². The fourth-order valence-corrected chi connectivity index (χ4v) is 2.05. The van der Waals surface area contributed by atoms with Gasteiger partial charge in [0.15, 0.2) is 0 Å². The summed E-state index contributed by atoms with van der Waals surface area (Å²) in [5, 5.41) is 9.18. The normalized spacial score (nSPS) is 12.4. The lowest BCUT2D eigenvalue weighted by atomic mass is 10.2. The molecule has 2 aromatic rings. The third-order valence-corrected chi connectivity index (χ3v) is 3.62. The molecule has 0 aliphatic rings. The minimum atomic E-state index is -4.62. The molecule has 0 saturated carbocycles. The number of hydrogen-bond donors (Lipinski definition) is 0. The van der Waals surface area contributed by atoms with Crippen LogP contribution in [0, 0.1) is 11.3 Å². The predicted molar refractivity (Wildman–Crippen MR) is 86.6 cm³/mol. The molecule has 132 valence electrons. The molecule has 0 fully saturated rings. The lowest BCUT2D eigenvalue weighted by Crippen LogP contribution is -2.20. The van der Waals surface area contributed by atoms with Gasteiger partial charge in [-0.1, -0.05) is 19.1 Å². The summed E-state index contributed by atoms with van der Waals surface area (Å²) >= 11 is 0. The van der Waals surface area contributed by atoms with Gasteiger partial charge in [0.2, 0.25) is 11.8 Å². The van der Waals surface area contributed by atoms with Crippen molar-refractivity contribution in [3.8, 4) is 11.9 Å². The summed E-state index contributed by atoms with van der Waals surface area (Å²) in [6, 6.07) is 8.71. The van der Waals surface area contributed by atoms with Gasteiger partial charge in [-0.15, -0.1) is 0 Å². The molecule has 0 bridgehead atoms. The molecule has 1 atom stereocenters. The summed E-state index contributed by atoms with van der Waals surface area (Å²) < 4.78 is 44.8. The molecule has 1 unspecified atom stereocenters. The van der Waals surface area contributed by atoms with Crippen LogP contribution in [0.25, 0.3) is 0 Å². The van der Waals surface area contributed by atoms with E-state index in [0.29, 0.717) is 23.9 Å². The van der Waals surface area contributed by atoms with E-state index in [9.17, 15) is 18.4 Å². The molecule has 1 aromatic carbocycles. The molecule has 0 spiro atoms. The molecule has 0 aliphatic heterocycles. The smallest absolute Gasteiger partial charge is 0.423 e. The lowest BCUT2D eigenvalue weighted by Gasteiger charge is -2.21. The summed E-state index contributed by atoms with van der Waals surface area (Å²) in [7, 11) is 1.58. The second-order valence-electron chi connectivity index (χ2n) is 5.41. The van der Waals surface area contributed by atoms with E-state index in [1.54, 1.807) is 45.2 Å². The zero-order chi connectivity index (χ0) is 18.6. The Hall–Kier alpha value is -2.82. The molecule has 0 amide bonds. The molecule has 25 heavy (non-hydrogen) atoms. The standard InChI is InChI=1S/C17H17F3N4O/c1-4-11(2)25-15-13(17(18,19)20)10-22-16(23-15)24(3)14-8-6-5-7-12(14)9-21/h5-8,10-11H,4H2,1-3H3. The van der Waals surface area contributed by atoms with Crippen LogP contribution in [-0.4, -0.2) is 23.1 Å². The van der Waals surface area contributed by atoms with E-state index in [1.165, 1.54) is 4.90 Å². The first kappa shape index (κ1) is 18.5. The first-order chi connectivity index (χ1) is 11.8. The quantitative estimate of drug-likeness (QED) is 0.804. The van der Waals surface area contributed by atoms with E-state index in [2.05, 4.69) is 9.97 Å². The number of para-hydroxylation sites is 1. The van der Waals surface area contributed by atoms with Gasteiger partial charge in [0, 0.05) is 13.2 Å². The molecule has 2 rings (SSSR count). The van der Waals surface area contributed by atoms with Gasteiger partial charge in [-0.2, -0.15) is 23.4 Å². The van der Waals surface area contributed by atoms with E-state index in [4.69, 9.17) is 4.74 Å². The average molecular weight is 350 g/mol. The van der Waals surface area contributed by atoms with Crippen molar-refractivity contribution in [3.05, 3.63) is 41.6 Å². The van der Waals surface area contributed by atoms with Crippen LogP contribution in [0.3, 0.4) is 0 Å². The maximum Gasteiger partial charge on any atom is 0.423 e. The number of aromatic nitrogens is 2. The predicted octanol–water partition coefficient (Wildman–Crippen LogP) is 4.31. The van der Waals surface area contributed by atoms with E-state index in [0.717, 1.165) is 0 Å². The van der Waals surface area contributed by atoms with Gasteiger partial charge >= 0.3 is 6.18 Å². The van der Waals surface area contributed by atoms with E-state index >= 15 is 0 Å². The zero-order valence-corrected chi connectivity index (χ0v) is 14.0. The van der Waals surface area contributed by atoms with Crippen molar-refractivity contribution in [2.45, 2.75) is 32.5 Å². The van der Waals surface area contributed by atoms with Crippen molar-refractivity contribution in [2.24, 2.45) is 0 Å². The Morgan fingerprint density at radius 3 is 2.60 bits per heavy atom. The van der Waals surface area contributed by atoms with Crippen LogP contribution >= 0.6 is 0 Å². The van der Waals surface area contributed by atoms with Crippen molar-refractivity contribution < 1.29 is 17.9 Å². The Morgan fingerprint density at radius 1 is 1.32 bits per heavy atom.